The fourth-order valence-electron chi connectivity index (χ4n) is 2.45. The van der Waals surface area contributed by atoms with E-state index < -0.39 is 6.10 Å². The highest BCUT2D eigenvalue weighted by Gasteiger charge is 2.10. The second-order valence-corrected chi connectivity index (χ2v) is 6.31. The number of carbonyl (C=O) groups excluding carboxylic acids is 2. The van der Waals surface area contributed by atoms with Crippen LogP contribution in [0.2, 0.25) is 0 Å². The second kappa shape index (κ2) is 9.57. The molecule has 2 N–H and O–H groups in total. The number of ketones is 1. The number of hydrogen-bond donors (Lipinski definition) is 2. The van der Waals surface area contributed by atoms with Gasteiger partial charge in [-0.05, 0) is 67.6 Å². The molecule has 0 unspecified atom stereocenters. The van der Waals surface area contributed by atoms with Gasteiger partial charge >= 0.3 is 0 Å². The third kappa shape index (κ3) is 5.95. The lowest BCUT2D eigenvalue weighted by Crippen LogP contribution is -2.25. The van der Waals surface area contributed by atoms with Gasteiger partial charge in [0.2, 0.25) is 0 Å². The summed E-state index contributed by atoms with van der Waals surface area (Å²) < 4.78 is 16.1. The number of carbonyl (C=O) groups is 2. The summed E-state index contributed by atoms with van der Waals surface area (Å²) >= 11 is 0. The summed E-state index contributed by atoms with van der Waals surface area (Å²) in [6.45, 7) is 1.59. The summed E-state index contributed by atoms with van der Waals surface area (Å²) in [5, 5.41) is 12.7. The van der Waals surface area contributed by atoms with E-state index in [9.17, 15) is 14.7 Å². The number of amides is 1. The first kappa shape index (κ1) is 20.2. The molecule has 1 amide bonds. The number of benzene rings is 2. The largest absolute Gasteiger partial charge is 0.491 e. The summed E-state index contributed by atoms with van der Waals surface area (Å²) in [6.07, 6.45) is 0.600. The second-order valence-electron chi connectivity index (χ2n) is 6.31. The zero-order chi connectivity index (χ0) is 20.6. The van der Waals surface area contributed by atoms with E-state index in [-0.39, 0.29) is 30.7 Å². The molecule has 0 aliphatic rings. The zero-order valence-corrected chi connectivity index (χ0v) is 15.8. The maximum atomic E-state index is 11.9. The SMILES string of the molecule is CC(=O)c1ccc(OC[C@@H](O)COc2ccc(NC(=O)c3ccco3)cc2)cc1. The van der Waals surface area contributed by atoms with E-state index in [4.69, 9.17) is 13.9 Å². The molecule has 0 spiro atoms. The molecule has 1 aromatic heterocycles. The smallest absolute Gasteiger partial charge is 0.291 e. The first-order chi connectivity index (χ1) is 14.0. The molecule has 1 atom stereocenters. The van der Waals surface area contributed by atoms with E-state index >= 15 is 0 Å². The van der Waals surface area contributed by atoms with Crippen LogP contribution in [0.1, 0.15) is 27.8 Å². The van der Waals surface area contributed by atoms with Crippen molar-refractivity contribution in [2.45, 2.75) is 13.0 Å². The number of ether oxygens (including phenoxy) is 2. The third-order valence-corrected chi connectivity index (χ3v) is 4.00. The van der Waals surface area contributed by atoms with Gasteiger partial charge in [0.15, 0.2) is 11.5 Å². The zero-order valence-electron chi connectivity index (χ0n) is 15.8. The minimum atomic E-state index is -0.833. The number of furan rings is 1. The summed E-state index contributed by atoms with van der Waals surface area (Å²) in [5.41, 5.74) is 1.20. The van der Waals surface area contributed by atoms with Crippen molar-refractivity contribution in [2.24, 2.45) is 0 Å². The predicted molar refractivity (Wildman–Crippen MR) is 107 cm³/mol. The molecule has 1 heterocycles. The minimum Gasteiger partial charge on any atom is -0.491 e. The van der Waals surface area contributed by atoms with Crippen molar-refractivity contribution < 1.29 is 28.6 Å². The normalized spacial score (nSPS) is 11.5. The fourth-order valence-corrected chi connectivity index (χ4v) is 2.45. The molecule has 29 heavy (non-hydrogen) atoms. The van der Waals surface area contributed by atoms with Crippen LogP contribution in [-0.2, 0) is 0 Å². The first-order valence-electron chi connectivity index (χ1n) is 9.01. The standard InChI is InChI=1S/C22H21NO6/c1-15(24)16-4-8-19(9-5-16)28-13-18(25)14-29-20-10-6-17(7-11-20)23-22(26)21-3-2-12-27-21/h2-12,18,25H,13-14H2,1H3,(H,23,26)/t18-/m1/s1. The molecule has 2 aromatic carbocycles. The quantitative estimate of drug-likeness (QED) is 0.538. The van der Waals surface area contributed by atoms with Crippen LogP contribution in [0, 0.1) is 0 Å². The molecule has 0 saturated heterocycles. The van der Waals surface area contributed by atoms with Gasteiger partial charge in [-0.25, -0.2) is 0 Å². The van der Waals surface area contributed by atoms with E-state index in [2.05, 4.69) is 5.32 Å². The van der Waals surface area contributed by atoms with E-state index in [1.807, 2.05) is 0 Å². The average Bonchev–Trinajstić information content (AvgIpc) is 3.27. The molecule has 150 valence electrons. The van der Waals surface area contributed by atoms with Crippen LogP contribution in [0.25, 0.3) is 0 Å². The highest BCUT2D eigenvalue weighted by Crippen LogP contribution is 2.17. The summed E-state index contributed by atoms with van der Waals surface area (Å²) in [4.78, 5) is 23.2. The Kier molecular flexibility index (Phi) is 6.65. The van der Waals surface area contributed by atoms with Gasteiger partial charge in [-0.15, -0.1) is 0 Å². The van der Waals surface area contributed by atoms with Crippen molar-refractivity contribution >= 4 is 17.4 Å². The van der Waals surface area contributed by atoms with Crippen molar-refractivity contribution in [1.29, 1.82) is 0 Å². The van der Waals surface area contributed by atoms with Gasteiger partial charge in [-0.2, -0.15) is 0 Å². The Balaban J connectivity index is 1.42. The Hall–Kier alpha value is -3.58. The average molecular weight is 395 g/mol. The number of rotatable bonds is 9. The van der Waals surface area contributed by atoms with Gasteiger partial charge in [-0.3, -0.25) is 9.59 Å². The molecule has 0 fully saturated rings. The van der Waals surface area contributed by atoms with Gasteiger partial charge in [-0.1, -0.05) is 0 Å². The molecule has 3 aromatic rings. The molecule has 3 rings (SSSR count). The van der Waals surface area contributed by atoms with Crippen molar-refractivity contribution in [3.63, 3.8) is 0 Å². The van der Waals surface area contributed by atoms with Gasteiger partial charge in [0.05, 0.1) is 6.26 Å². The number of anilines is 1. The highest BCUT2D eigenvalue weighted by atomic mass is 16.5. The molecular formula is C22H21NO6. The van der Waals surface area contributed by atoms with Gasteiger partial charge in [0.25, 0.3) is 5.91 Å². The summed E-state index contributed by atoms with van der Waals surface area (Å²) in [6, 6.07) is 16.7. The van der Waals surface area contributed by atoms with Crippen LogP contribution < -0.4 is 14.8 Å². The molecule has 7 heteroatoms. The first-order valence-corrected chi connectivity index (χ1v) is 9.01. The molecular weight excluding hydrogens is 374 g/mol. The Bertz CT molecular complexity index is 932. The molecule has 0 aliphatic carbocycles. The Morgan fingerprint density at radius 3 is 2.07 bits per heavy atom. The number of aliphatic hydroxyl groups excluding tert-OH is 1. The topological polar surface area (TPSA) is 98.0 Å². The summed E-state index contributed by atoms with van der Waals surface area (Å²) in [7, 11) is 0. The lowest BCUT2D eigenvalue weighted by molar-refractivity contribution is 0.0626. The monoisotopic (exact) mass is 395 g/mol. The van der Waals surface area contributed by atoms with Crippen LogP contribution in [0.3, 0.4) is 0 Å². The Morgan fingerprint density at radius 1 is 0.966 bits per heavy atom. The number of Topliss-reactive ketones (excluding diaryl/α,β-unsaturated/α-hetero) is 1. The number of aliphatic hydroxyl groups is 1. The molecule has 0 bridgehead atoms. The van der Waals surface area contributed by atoms with Gasteiger partial charge < -0.3 is 24.3 Å². The van der Waals surface area contributed by atoms with Crippen LogP contribution in [0.5, 0.6) is 11.5 Å². The van der Waals surface area contributed by atoms with E-state index in [1.165, 1.54) is 13.2 Å². The maximum Gasteiger partial charge on any atom is 0.291 e. The van der Waals surface area contributed by atoms with Crippen LogP contribution >= 0.6 is 0 Å². The van der Waals surface area contributed by atoms with Crippen molar-refractivity contribution in [1.82, 2.24) is 0 Å². The Morgan fingerprint density at radius 2 is 1.55 bits per heavy atom. The number of hydrogen-bond acceptors (Lipinski definition) is 6. The van der Waals surface area contributed by atoms with Crippen LogP contribution in [0.15, 0.2) is 71.3 Å². The van der Waals surface area contributed by atoms with Crippen molar-refractivity contribution in [3.05, 3.63) is 78.3 Å². The van der Waals surface area contributed by atoms with Gasteiger partial charge in [0.1, 0.15) is 30.8 Å². The summed E-state index contributed by atoms with van der Waals surface area (Å²) in [5.74, 6) is 0.977. The lowest BCUT2D eigenvalue weighted by Gasteiger charge is -2.14. The van der Waals surface area contributed by atoms with E-state index in [0.29, 0.717) is 22.7 Å². The minimum absolute atomic E-state index is 0.0171. The molecule has 0 saturated carbocycles. The lowest BCUT2D eigenvalue weighted by atomic mass is 10.1. The van der Waals surface area contributed by atoms with E-state index in [0.717, 1.165) is 0 Å². The van der Waals surface area contributed by atoms with Crippen LogP contribution in [-0.4, -0.2) is 36.1 Å². The third-order valence-electron chi connectivity index (χ3n) is 4.00. The molecule has 0 radical (unpaired) electrons. The molecule has 0 aliphatic heterocycles. The van der Waals surface area contributed by atoms with Gasteiger partial charge in [0, 0.05) is 11.3 Å². The van der Waals surface area contributed by atoms with Crippen molar-refractivity contribution in [3.8, 4) is 11.5 Å². The fraction of sp³-hybridized carbons (Fsp3) is 0.182. The predicted octanol–water partition coefficient (Wildman–Crippen LogP) is 3.55. The highest BCUT2D eigenvalue weighted by molar-refractivity contribution is 6.02. The molecule has 7 nitrogen and oxygen atoms in total. The maximum absolute atomic E-state index is 11.9. The van der Waals surface area contributed by atoms with E-state index in [1.54, 1.807) is 60.7 Å². The number of nitrogens with one attached hydrogen (secondary N) is 1. The van der Waals surface area contributed by atoms with Crippen molar-refractivity contribution in [2.75, 3.05) is 18.5 Å². The Labute approximate surface area is 167 Å². The van der Waals surface area contributed by atoms with Crippen LogP contribution in [0.4, 0.5) is 5.69 Å².